The summed E-state index contributed by atoms with van der Waals surface area (Å²) < 4.78 is 1.87. The summed E-state index contributed by atoms with van der Waals surface area (Å²) >= 11 is 0. The second kappa shape index (κ2) is 8.61. The van der Waals surface area contributed by atoms with Gasteiger partial charge in [0.1, 0.15) is 0 Å². The number of nitrogens with zero attached hydrogens (tertiary/aromatic N) is 5. The molecule has 0 saturated carbocycles. The Labute approximate surface area is 171 Å². The summed E-state index contributed by atoms with van der Waals surface area (Å²) in [6, 6.07) is 14.4. The fourth-order valence-corrected chi connectivity index (χ4v) is 3.66. The van der Waals surface area contributed by atoms with Gasteiger partial charge in [0.25, 0.3) is 0 Å². The van der Waals surface area contributed by atoms with E-state index < -0.39 is 0 Å². The molecule has 1 aromatic carbocycles. The highest BCUT2D eigenvalue weighted by atomic mass is 16.2. The maximum absolute atomic E-state index is 11.9. The lowest BCUT2D eigenvalue weighted by Gasteiger charge is -2.30. The van der Waals surface area contributed by atoms with Crippen LogP contribution in [0.25, 0.3) is 5.65 Å². The molecule has 0 radical (unpaired) electrons. The first-order chi connectivity index (χ1) is 14.1. The largest absolute Gasteiger partial charge is 0.380 e. The first kappa shape index (κ1) is 19.4. The molecule has 0 spiro atoms. The van der Waals surface area contributed by atoms with Gasteiger partial charge in [-0.3, -0.25) is 9.69 Å². The minimum atomic E-state index is 0.157. The van der Waals surface area contributed by atoms with Crippen LogP contribution in [0.4, 0.5) is 5.69 Å². The summed E-state index contributed by atoms with van der Waals surface area (Å²) in [5.74, 6) is 1.41. The molecular formula is C22H28N6O. The number of carbonyl (C=O) groups is 1. The zero-order chi connectivity index (χ0) is 20.2. The van der Waals surface area contributed by atoms with Crippen LogP contribution >= 0.6 is 0 Å². The Morgan fingerprint density at radius 3 is 2.62 bits per heavy atom. The van der Waals surface area contributed by atoms with E-state index in [-0.39, 0.29) is 5.91 Å². The van der Waals surface area contributed by atoms with Crippen molar-refractivity contribution in [3.05, 3.63) is 60.0 Å². The third-order valence-corrected chi connectivity index (χ3v) is 5.50. The van der Waals surface area contributed by atoms with Crippen LogP contribution in [0.1, 0.15) is 30.1 Å². The van der Waals surface area contributed by atoms with Crippen molar-refractivity contribution in [2.75, 3.05) is 39.0 Å². The number of likely N-dealkylation sites (tertiary alicyclic amines) is 1. The lowest BCUT2D eigenvalue weighted by Crippen LogP contribution is -2.40. The Morgan fingerprint density at radius 1 is 1.14 bits per heavy atom. The number of likely N-dealkylation sites (N-methyl/N-ethyl adjacent to an activating group) is 1. The summed E-state index contributed by atoms with van der Waals surface area (Å²) in [6.07, 6.45) is 3.97. The first-order valence-electron chi connectivity index (χ1n) is 10.1. The molecule has 7 heteroatoms. The van der Waals surface area contributed by atoms with E-state index in [4.69, 9.17) is 10.1 Å². The fraction of sp³-hybridized carbons (Fsp3) is 0.409. The lowest BCUT2D eigenvalue weighted by atomic mass is 9.96. The molecular weight excluding hydrogens is 364 g/mol. The van der Waals surface area contributed by atoms with Gasteiger partial charge in [-0.1, -0.05) is 30.3 Å². The van der Waals surface area contributed by atoms with Crippen LogP contribution in [0.5, 0.6) is 0 Å². The second-order valence-electron chi connectivity index (χ2n) is 7.87. The molecule has 29 heavy (non-hydrogen) atoms. The topological polar surface area (TPSA) is 65.8 Å². The Bertz CT molecular complexity index is 960. The molecule has 0 atom stereocenters. The smallest absolute Gasteiger partial charge is 0.236 e. The van der Waals surface area contributed by atoms with Gasteiger partial charge in [-0.05, 0) is 43.6 Å². The van der Waals surface area contributed by atoms with E-state index in [1.54, 1.807) is 19.0 Å². The summed E-state index contributed by atoms with van der Waals surface area (Å²) in [5, 5.41) is 8.18. The molecule has 0 aliphatic carbocycles. The van der Waals surface area contributed by atoms with Crippen molar-refractivity contribution in [2.45, 2.75) is 25.3 Å². The van der Waals surface area contributed by atoms with E-state index in [0.29, 0.717) is 12.5 Å². The molecule has 4 rings (SSSR count). The Kier molecular flexibility index (Phi) is 5.76. The molecule has 0 unspecified atom stereocenters. The van der Waals surface area contributed by atoms with E-state index in [0.717, 1.165) is 49.6 Å². The van der Waals surface area contributed by atoms with Gasteiger partial charge < -0.3 is 10.2 Å². The number of rotatable bonds is 6. The Balaban J connectivity index is 1.37. The monoisotopic (exact) mass is 392 g/mol. The van der Waals surface area contributed by atoms with Crippen LogP contribution in [0.15, 0.2) is 48.7 Å². The zero-order valence-electron chi connectivity index (χ0n) is 17.1. The number of hydrogen-bond donors (Lipinski definition) is 1. The van der Waals surface area contributed by atoms with Crippen LogP contribution in [-0.2, 0) is 11.3 Å². The molecule has 7 nitrogen and oxygen atoms in total. The molecule has 3 aromatic rings. The minimum Gasteiger partial charge on any atom is -0.380 e. The Hall–Kier alpha value is -2.93. The number of fused-ring (bicyclic) bond motifs is 1. The van der Waals surface area contributed by atoms with Crippen molar-refractivity contribution in [3.8, 4) is 0 Å². The predicted octanol–water partition coefficient (Wildman–Crippen LogP) is 2.61. The van der Waals surface area contributed by atoms with Gasteiger partial charge in [0.05, 0.1) is 18.4 Å². The number of piperidine rings is 1. The lowest BCUT2D eigenvalue weighted by molar-refractivity contribution is -0.130. The fourth-order valence-electron chi connectivity index (χ4n) is 3.66. The summed E-state index contributed by atoms with van der Waals surface area (Å²) in [6.45, 7) is 3.08. The van der Waals surface area contributed by atoms with Gasteiger partial charge >= 0.3 is 0 Å². The van der Waals surface area contributed by atoms with Gasteiger partial charge in [-0.25, -0.2) is 9.50 Å². The number of hydrogen-bond acceptors (Lipinski definition) is 5. The van der Waals surface area contributed by atoms with Crippen molar-refractivity contribution in [2.24, 2.45) is 0 Å². The average molecular weight is 393 g/mol. The van der Waals surface area contributed by atoms with Gasteiger partial charge in [0.15, 0.2) is 11.5 Å². The average Bonchev–Trinajstić information content (AvgIpc) is 3.17. The number of carbonyl (C=O) groups excluding carboxylic acids is 1. The highest BCUT2D eigenvalue weighted by Gasteiger charge is 2.25. The summed E-state index contributed by atoms with van der Waals surface area (Å²) in [5.41, 5.74) is 3.14. The number of amides is 1. The highest BCUT2D eigenvalue weighted by Crippen LogP contribution is 2.26. The van der Waals surface area contributed by atoms with Crippen molar-refractivity contribution in [1.82, 2.24) is 24.4 Å². The zero-order valence-corrected chi connectivity index (χ0v) is 17.1. The van der Waals surface area contributed by atoms with Gasteiger partial charge in [0.2, 0.25) is 5.91 Å². The van der Waals surface area contributed by atoms with E-state index in [1.165, 1.54) is 5.56 Å². The molecule has 1 aliphatic heterocycles. The number of pyridine rings is 1. The molecule has 1 aliphatic rings. The van der Waals surface area contributed by atoms with Gasteiger partial charge in [-0.15, -0.1) is 0 Å². The highest BCUT2D eigenvalue weighted by molar-refractivity contribution is 5.77. The third kappa shape index (κ3) is 4.74. The van der Waals surface area contributed by atoms with Crippen molar-refractivity contribution in [1.29, 1.82) is 0 Å². The molecule has 1 amide bonds. The van der Waals surface area contributed by atoms with E-state index in [1.807, 2.05) is 41.0 Å². The van der Waals surface area contributed by atoms with Crippen molar-refractivity contribution >= 4 is 17.2 Å². The van der Waals surface area contributed by atoms with E-state index in [2.05, 4.69) is 22.3 Å². The number of benzene rings is 1. The molecule has 3 heterocycles. The number of anilines is 1. The van der Waals surface area contributed by atoms with E-state index >= 15 is 0 Å². The molecule has 152 valence electrons. The van der Waals surface area contributed by atoms with Crippen molar-refractivity contribution < 1.29 is 4.79 Å². The number of aromatic nitrogens is 3. The molecule has 2 aromatic heterocycles. The second-order valence-corrected chi connectivity index (χ2v) is 7.87. The van der Waals surface area contributed by atoms with Crippen LogP contribution in [0.2, 0.25) is 0 Å². The molecule has 1 fully saturated rings. The molecule has 1 N–H and O–H groups in total. The first-order valence-corrected chi connectivity index (χ1v) is 10.1. The maximum Gasteiger partial charge on any atom is 0.236 e. The number of nitrogens with one attached hydrogen (secondary N) is 1. The molecule has 1 saturated heterocycles. The normalized spacial score (nSPS) is 15.5. The van der Waals surface area contributed by atoms with Crippen LogP contribution in [0, 0.1) is 0 Å². The van der Waals surface area contributed by atoms with Crippen LogP contribution < -0.4 is 5.32 Å². The quantitative estimate of drug-likeness (QED) is 0.699. The van der Waals surface area contributed by atoms with Crippen LogP contribution in [0.3, 0.4) is 0 Å². The maximum atomic E-state index is 11.9. The predicted molar refractivity (Wildman–Crippen MR) is 114 cm³/mol. The minimum absolute atomic E-state index is 0.157. The van der Waals surface area contributed by atoms with Crippen molar-refractivity contribution in [3.63, 3.8) is 0 Å². The third-order valence-electron chi connectivity index (χ3n) is 5.50. The molecule has 0 bridgehead atoms. The van der Waals surface area contributed by atoms with Crippen LogP contribution in [-0.4, -0.2) is 64.0 Å². The summed E-state index contributed by atoms with van der Waals surface area (Å²) in [4.78, 5) is 20.5. The van der Waals surface area contributed by atoms with Gasteiger partial charge in [-0.2, -0.15) is 5.10 Å². The summed E-state index contributed by atoms with van der Waals surface area (Å²) in [7, 11) is 3.61. The van der Waals surface area contributed by atoms with Gasteiger partial charge in [0, 0.05) is 26.6 Å². The van der Waals surface area contributed by atoms with E-state index in [9.17, 15) is 4.79 Å². The SMILES string of the molecule is CN(C)C(=O)CN1CCC(c2nc3ccc(NCc4ccccc4)cn3n2)CC1. The standard InChI is InChI=1S/C22H28N6O/c1-26(2)21(29)16-27-12-10-18(11-13-27)22-24-20-9-8-19(15-28(20)25-22)23-14-17-6-4-3-5-7-17/h3-9,15,18,23H,10-14,16H2,1-2H3. The Morgan fingerprint density at radius 2 is 1.90 bits per heavy atom.